The zero-order valence-electron chi connectivity index (χ0n) is 14.8. The van der Waals surface area contributed by atoms with Crippen LogP contribution in [0.15, 0.2) is 53.2 Å². The van der Waals surface area contributed by atoms with Gasteiger partial charge in [0.2, 0.25) is 17.6 Å². The minimum Gasteiger partial charge on any atom is -0.438 e. The van der Waals surface area contributed by atoms with Gasteiger partial charge in [-0.3, -0.25) is 0 Å². The smallest absolute Gasteiger partial charge is 0.232 e. The lowest BCUT2D eigenvalue weighted by Gasteiger charge is -2.14. The van der Waals surface area contributed by atoms with Crippen molar-refractivity contribution in [3.63, 3.8) is 0 Å². The van der Waals surface area contributed by atoms with Crippen molar-refractivity contribution in [3.05, 3.63) is 54.6 Å². The highest BCUT2D eigenvalue weighted by atomic mass is 16.7. The van der Waals surface area contributed by atoms with Crippen LogP contribution in [0, 0.1) is 0 Å². The number of ether oxygens (including phenoxy) is 3. The van der Waals surface area contributed by atoms with Crippen LogP contribution in [0.3, 0.4) is 0 Å². The molecule has 2 aromatic heterocycles. The van der Waals surface area contributed by atoms with E-state index in [9.17, 15) is 0 Å². The molecule has 136 valence electrons. The molecule has 0 N–H and O–H groups in total. The normalized spacial score (nSPS) is 11.0. The van der Waals surface area contributed by atoms with Crippen LogP contribution >= 0.6 is 0 Å². The van der Waals surface area contributed by atoms with Crippen molar-refractivity contribution in [1.82, 2.24) is 15.1 Å². The summed E-state index contributed by atoms with van der Waals surface area (Å²) in [6.45, 7) is 4.91. The highest BCUT2D eigenvalue weighted by Gasteiger charge is 2.18. The summed E-state index contributed by atoms with van der Waals surface area (Å²) in [6, 6.07) is 13.1. The number of benzene rings is 1. The van der Waals surface area contributed by atoms with E-state index < -0.39 is 6.29 Å². The second-order valence-corrected chi connectivity index (χ2v) is 5.33. The molecule has 0 aliphatic rings. The summed E-state index contributed by atoms with van der Waals surface area (Å²) in [6.07, 6.45) is 1.62. The lowest BCUT2D eigenvalue weighted by molar-refractivity contribution is -0.137. The molecule has 0 radical (unpaired) electrons. The molecule has 0 spiro atoms. The Morgan fingerprint density at radius 3 is 2.50 bits per heavy atom. The number of nitrogens with zero attached hydrogens (tertiary/aromatic N) is 3. The molecule has 7 nitrogen and oxygen atoms in total. The van der Waals surface area contributed by atoms with Gasteiger partial charge in [0.15, 0.2) is 6.29 Å². The van der Waals surface area contributed by atoms with E-state index in [1.165, 1.54) is 0 Å². The topological polar surface area (TPSA) is 79.5 Å². The fraction of sp³-hybridized carbons (Fsp3) is 0.316. The van der Waals surface area contributed by atoms with Crippen LogP contribution in [0.2, 0.25) is 0 Å². The molecule has 3 rings (SSSR count). The highest BCUT2D eigenvalue weighted by molar-refractivity contribution is 5.61. The fourth-order valence-corrected chi connectivity index (χ4v) is 2.37. The van der Waals surface area contributed by atoms with Crippen molar-refractivity contribution >= 4 is 0 Å². The maximum atomic E-state index is 5.85. The second-order valence-electron chi connectivity index (χ2n) is 5.33. The van der Waals surface area contributed by atoms with Gasteiger partial charge in [0.05, 0.1) is 12.0 Å². The largest absolute Gasteiger partial charge is 0.438 e. The number of para-hydroxylation sites is 1. The first-order valence-electron chi connectivity index (χ1n) is 8.54. The monoisotopic (exact) mass is 355 g/mol. The fourth-order valence-electron chi connectivity index (χ4n) is 2.37. The van der Waals surface area contributed by atoms with Crippen molar-refractivity contribution in [1.29, 1.82) is 0 Å². The van der Waals surface area contributed by atoms with Crippen LogP contribution in [0.5, 0.6) is 11.6 Å². The van der Waals surface area contributed by atoms with E-state index >= 15 is 0 Å². The molecule has 1 aromatic carbocycles. The summed E-state index contributed by atoms with van der Waals surface area (Å²) >= 11 is 0. The minimum atomic E-state index is -0.410. The van der Waals surface area contributed by atoms with Gasteiger partial charge in [-0.2, -0.15) is 4.98 Å². The van der Waals surface area contributed by atoms with Crippen molar-refractivity contribution < 1.29 is 18.7 Å². The lowest BCUT2D eigenvalue weighted by atomic mass is 10.2. The van der Waals surface area contributed by atoms with E-state index in [0.29, 0.717) is 48.5 Å². The van der Waals surface area contributed by atoms with E-state index in [1.807, 2.05) is 50.2 Å². The Kier molecular flexibility index (Phi) is 6.29. The predicted molar refractivity (Wildman–Crippen MR) is 94.8 cm³/mol. The standard InChI is InChI=1S/C19H21N3O4/c1-3-23-17(24-4-2)13-16-21-18(22-26-16)15-11-8-12-20-19(15)25-14-9-6-5-7-10-14/h5-12,17H,3-4,13H2,1-2H3. The third kappa shape index (κ3) is 4.65. The van der Waals surface area contributed by atoms with Crippen LogP contribution in [-0.4, -0.2) is 34.6 Å². The van der Waals surface area contributed by atoms with Crippen molar-refractivity contribution in [3.8, 4) is 23.0 Å². The van der Waals surface area contributed by atoms with Crippen LogP contribution in [-0.2, 0) is 15.9 Å². The van der Waals surface area contributed by atoms with Gasteiger partial charge in [-0.1, -0.05) is 23.4 Å². The maximum absolute atomic E-state index is 5.85. The summed E-state index contributed by atoms with van der Waals surface area (Å²) in [5, 5.41) is 4.04. The van der Waals surface area contributed by atoms with Gasteiger partial charge in [0.1, 0.15) is 5.75 Å². The molecular formula is C19H21N3O4. The zero-order valence-corrected chi connectivity index (χ0v) is 14.8. The summed E-state index contributed by atoms with van der Waals surface area (Å²) in [7, 11) is 0. The Hall–Kier alpha value is -2.77. The van der Waals surface area contributed by atoms with Gasteiger partial charge in [0, 0.05) is 19.4 Å². The predicted octanol–water partition coefficient (Wildman–Crippen LogP) is 3.87. The molecule has 0 atom stereocenters. The Balaban J connectivity index is 1.79. The second kappa shape index (κ2) is 9.07. The summed E-state index contributed by atoms with van der Waals surface area (Å²) in [5.74, 6) is 1.94. The number of rotatable bonds is 9. The maximum Gasteiger partial charge on any atom is 0.232 e. The van der Waals surface area contributed by atoms with Crippen LogP contribution in [0.4, 0.5) is 0 Å². The Morgan fingerprint density at radius 2 is 1.77 bits per heavy atom. The van der Waals surface area contributed by atoms with E-state index in [2.05, 4.69) is 15.1 Å². The minimum absolute atomic E-state index is 0.379. The summed E-state index contributed by atoms with van der Waals surface area (Å²) in [5.41, 5.74) is 0.649. The molecule has 7 heteroatoms. The molecule has 0 unspecified atom stereocenters. The summed E-state index contributed by atoms with van der Waals surface area (Å²) < 4.78 is 22.2. The first-order chi connectivity index (χ1) is 12.8. The molecule has 0 saturated heterocycles. The van der Waals surface area contributed by atoms with E-state index in [4.69, 9.17) is 18.7 Å². The Bertz CT molecular complexity index is 801. The molecule has 2 heterocycles. The number of aromatic nitrogens is 3. The van der Waals surface area contributed by atoms with Gasteiger partial charge < -0.3 is 18.7 Å². The molecule has 0 fully saturated rings. The van der Waals surface area contributed by atoms with Gasteiger partial charge >= 0.3 is 0 Å². The Labute approximate surface area is 151 Å². The first-order valence-corrected chi connectivity index (χ1v) is 8.54. The molecule has 0 amide bonds. The average Bonchev–Trinajstić information content (AvgIpc) is 3.12. The van der Waals surface area contributed by atoms with Gasteiger partial charge in [-0.15, -0.1) is 0 Å². The van der Waals surface area contributed by atoms with Crippen molar-refractivity contribution in [2.45, 2.75) is 26.6 Å². The lowest BCUT2D eigenvalue weighted by Crippen LogP contribution is -2.20. The SMILES string of the molecule is CCOC(Cc1nc(-c2cccnc2Oc2ccccc2)no1)OCC. The first kappa shape index (κ1) is 18.0. The van der Waals surface area contributed by atoms with E-state index in [0.717, 1.165) is 0 Å². The highest BCUT2D eigenvalue weighted by Crippen LogP contribution is 2.29. The Morgan fingerprint density at radius 1 is 1.00 bits per heavy atom. The third-order valence-electron chi connectivity index (χ3n) is 3.48. The molecular weight excluding hydrogens is 334 g/mol. The third-order valence-corrected chi connectivity index (χ3v) is 3.48. The van der Waals surface area contributed by atoms with E-state index in [1.54, 1.807) is 12.3 Å². The molecule has 0 aliphatic heterocycles. The zero-order chi connectivity index (χ0) is 18.2. The van der Waals surface area contributed by atoms with Crippen LogP contribution < -0.4 is 4.74 Å². The summed E-state index contributed by atoms with van der Waals surface area (Å²) in [4.78, 5) is 8.72. The number of hydrogen-bond acceptors (Lipinski definition) is 7. The quantitative estimate of drug-likeness (QED) is 0.539. The number of hydrogen-bond donors (Lipinski definition) is 0. The van der Waals surface area contributed by atoms with E-state index in [-0.39, 0.29) is 0 Å². The number of pyridine rings is 1. The molecule has 26 heavy (non-hydrogen) atoms. The van der Waals surface area contributed by atoms with Crippen molar-refractivity contribution in [2.75, 3.05) is 13.2 Å². The van der Waals surface area contributed by atoms with Gasteiger partial charge in [0.25, 0.3) is 0 Å². The van der Waals surface area contributed by atoms with Crippen molar-refractivity contribution in [2.24, 2.45) is 0 Å². The van der Waals surface area contributed by atoms with Crippen LogP contribution in [0.25, 0.3) is 11.4 Å². The average molecular weight is 355 g/mol. The van der Waals surface area contributed by atoms with Crippen LogP contribution in [0.1, 0.15) is 19.7 Å². The molecule has 0 bridgehead atoms. The van der Waals surface area contributed by atoms with Gasteiger partial charge in [-0.25, -0.2) is 4.98 Å². The molecule has 0 saturated carbocycles. The molecule has 0 aliphatic carbocycles. The molecule has 3 aromatic rings. The van der Waals surface area contributed by atoms with Gasteiger partial charge in [-0.05, 0) is 38.1 Å².